The van der Waals surface area contributed by atoms with Gasteiger partial charge in [-0.2, -0.15) is 0 Å². The summed E-state index contributed by atoms with van der Waals surface area (Å²) in [5.74, 6) is -0.341. The molecule has 1 N–H and O–H groups in total. The molecule has 0 saturated heterocycles. The van der Waals surface area contributed by atoms with E-state index in [1.807, 2.05) is 0 Å². The minimum absolute atomic E-state index is 0.135. The smallest absolute Gasteiger partial charge is 0.288 e. The van der Waals surface area contributed by atoms with Crippen molar-refractivity contribution in [3.05, 3.63) is 57.2 Å². The van der Waals surface area contributed by atoms with Crippen molar-refractivity contribution in [3.8, 4) is 0 Å². The van der Waals surface area contributed by atoms with Gasteiger partial charge < -0.3 is 9.88 Å². The molecule has 0 bridgehead atoms. The topological polar surface area (TPSA) is 64.0 Å². The molecule has 2 rings (SSSR count). The number of aromatic nitrogens is 2. The fourth-order valence-corrected chi connectivity index (χ4v) is 1.72. The van der Waals surface area contributed by atoms with E-state index >= 15 is 0 Å². The predicted octanol–water partition coefficient (Wildman–Crippen LogP) is 2.19. The average molecular weight is 298 g/mol. The molecule has 5 nitrogen and oxygen atoms in total. The SMILES string of the molecule is O=C(Cn1ccnc(Cl)c1=O)Nc1ccc(Cl)cc1. The van der Waals surface area contributed by atoms with E-state index in [1.165, 1.54) is 17.0 Å². The first-order valence-corrected chi connectivity index (χ1v) is 6.08. The number of hydrogen-bond donors (Lipinski definition) is 1. The number of halogens is 2. The van der Waals surface area contributed by atoms with E-state index < -0.39 is 5.56 Å². The summed E-state index contributed by atoms with van der Waals surface area (Å²) in [4.78, 5) is 27.0. The third-order valence-electron chi connectivity index (χ3n) is 2.31. The van der Waals surface area contributed by atoms with Crippen LogP contribution in [0.1, 0.15) is 0 Å². The van der Waals surface area contributed by atoms with Crippen molar-refractivity contribution in [2.45, 2.75) is 6.54 Å². The number of nitrogens with one attached hydrogen (secondary N) is 1. The van der Waals surface area contributed by atoms with Gasteiger partial charge in [-0.25, -0.2) is 4.98 Å². The molecule has 0 aliphatic heterocycles. The normalized spacial score (nSPS) is 10.2. The third-order valence-corrected chi connectivity index (χ3v) is 2.82. The number of carbonyl (C=O) groups is 1. The monoisotopic (exact) mass is 297 g/mol. The van der Waals surface area contributed by atoms with Gasteiger partial charge in [0.15, 0.2) is 5.15 Å². The number of benzene rings is 1. The molecule has 98 valence electrons. The molecule has 0 atom stereocenters. The molecule has 1 aromatic heterocycles. The maximum atomic E-state index is 11.8. The van der Waals surface area contributed by atoms with Gasteiger partial charge in [0, 0.05) is 23.1 Å². The van der Waals surface area contributed by atoms with Gasteiger partial charge in [0.05, 0.1) is 0 Å². The van der Waals surface area contributed by atoms with Gasteiger partial charge in [-0.15, -0.1) is 0 Å². The molecule has 0 aliphatic carbocycles. The van der Waals surface area contributed by atoms with E-state index in [0.29, 0.717) is 10.7 Å². The second-order valence-electron chi connectivity index (χ2n) is 3.71. The fraction of sp³-hybridized carbons (Fsp3) is 0.0833. The molecule has 0 spiro atoms. The Balaban J connectivity index is 2.07. The summed E-state index contributed by atoms with van der Waals surface area (Å²) in [5, 5.41) is 3.06. The second-order valence-corrected chi connectivity index (χ2v) is 4.50. The number of anilines is 1. The quantitative estimate of drug-likeness (QED) is 0.944. The summed E-state index contributed by atoms with van der Waals surface area (Å²) >= 11 is 11.3. The largest absolute Gasteiger partial charge is 0.325 e. The van der Waals surface area contributed by atoms with Crippen LogP contribution in [0, 0.1) is 0 Å². The van der Waals surface area contributed by atoms with Gasteiger partial charge in [0.2, 0.25) is 5.91 Å². The van der Waals surface area contributed by atoms with Crippen LogP contribution in [0.2, 0.25) is 10.2 Å². The number of carbonyl (C=O) groups excluding carboxylic acids is 1. The summed E-state index contributed by atoms with van der Waals surface area (Å²) < 4.78 is 1.18. The molecule has 0 unspecified atom stereocenters. The highest BCUT2D eigenvalue weighted by Crippen LogP contribution is 2.13. The van der Waals surface area contributed by atoms with Crippen LogP contribution in [0.4, 0.5) is 5.69 Å². The number of amides is 1. The highest BCUT2D eigenvalue weighted by atomic mass is 35.5. The molecule has 1 aromatic carbocycles. The van der Waals surface area contributed by atoms with Gasteiger partial charge in [-0.3, -0.25) is 9.59 Å². The van der Waals surface area contributed by atoms with Crippen LogP contribution >= 0.6 is 23.2 Å². The highest BCUT2D eigenvalue weighted by molar-refractivity contribution is 6.30. The third kappa shape index (κ3) is 3.56. The maximum Gasteiger partial charge on any atom is 0.288 e. The Kier molecular flexibility index (Phi) is 4.19. The Hall–Kier alpha value is -1.85. The van der Waals surface area contributed by atoms with E-state index in [9.17, 15) is 9.59 Å². The van der Waals surface area contributed by atoms with Crippen LogP contribution in [-0.2, 0) is 11.3 Å². The minimum atomic E-state index is -0.504. The molecule has 7 heteroatoms. The molecule has 19 heavy (non-hydrogen) atoms. The molecule has 0 aliphatic rings. The zero-order valence-electron chi connectivity index (χ0n) is 9.64. The van der Waals surface area contributed by atoms with Gasteiger partial charge in [-0.1, -0.05) is 23.2 Å². The zero-order valence-corrected chi connectivity index (χ0v) is 11.1. The van der Waals surface area contributed by atoms with Crippen molar-refractivity contribution in [2.24, 2.45) is 0 Å². The lowest BCUT2D eigenvalue weighted by atomic mass is 10.3. The van der Waals surface area contributed by atoms with Crippen molar-refractivity contribution in [1.29, 1.82) is 0 Å². The van der Waals surface area contributed by atoms with Crippen LogP contribution < -0.4 is 10.9 Å². The number of rotatable bonds is 3. The lowest BCUT2D eigenvalue weighted by Crippen LogP contribution is -2.27. The molecule has 2 aromatic rings. The molecule has 0 radical (unpaired) electrons. The van der Waals surface area contributed by atoms with Crippen molar-refractivity contribution < 1.29 is 4.79 Å². The lowest BCUT2D eigenvalue weighted by molar-refractivity contribution is -0.116. The van der Waals surface area contributed by atoms with Crippen molar-refractivity contribution in [1.82, 2.24) is 9.55 Å². The molecule has 0 saturated carbocycles. The Morgan fingerprint density at radius 2 is 1.95 bits per heavy atom. The first kappa shape index (κ1) is 13.6. The van der Waals surface area contributed by atoms with Crippen LogP contribution in [0.3, 0.4) is 0 Å². The Morgan fingerprint density at radius 1 is 1.26 bits per heavy atom. The van der Waals surface area contributed by atoms with Gasteiger partial charge in [0.25, 0.3) is 5.56 Å². The first-order chi connectivity index (χ1) is 9.06. The van der Waals surface area contributed by atoms with Crippen LogP contribution in [-0.4, -0.2) is 15.5 Å². The first-order valence-electron chi connectivity index (χ1n) is 5.32. The van der Waals surface area contributed by atoms with Crippen LogP contribution in [0.25, 0.3) is 0 Å². The zero-order chi connectivity index (χ0) is 13.8. The van der Waals surface area contributed by atoms with E-state index in [2.05, 4.69) is 10.3 Å². The Bertz CT molecular complexity index is 653. The highest BCUT2D eigenvalue weighted by Gasteiger charge is 2.07. The predicted molar refractivity (Wildman–Crippen MR) is 73.6 cm³/mol. The average Bonchev–Trinajstić information content (AvgIpc) is 2.38. The minimum Gasteiger partial charge on any atom is -0.325 e. The van der Waals surface area contributed by atoms with Crippen molar-refractivity contribution in [2.75, 3.05) is 5.32 Å². The van der Waals surface area contributed by atoms with E-state index in [0.717, 1.165) is 0 Å². The van der Waals surface area contributed by atoms with Crippen molar-refractivity contribution in [3.63, 3.8) is 0 Å². The molecular weight excluding hydrogens is 289 g/mol. The summed E-state index contributed by atoms with van der Waals surface area (Å²) in [6, 6.07) is 6.66. The number of nitrogens with zero attached hydrogens (tertiary/aromatic N) is 2. The van der Waals surface area contributed by atoms with Crippen LogP contribution in [0.5, 0.6) is 0 Å². The van der Waals surface area contributed by atoms with Gasteiger partial charge in [0.1, 0.15) is 6.54 Å². The van der Waals surface area contributed by atoms with E-state index in [4.69, 9.17) is 23.2 Å². The molecule has 1 heterocycles. The Labute approximate surface area is 118 Å². The van der Waals surface area contributed by atoms with Gasteiger partial charge >= 0.3 is 0 Å². The maximum absolute atomic E-state index is 11.8. The molecule has 0 fully saturated rings. The van der Waals surface area contributed by atoms with Gasteiger partial charge in [-0.05, 0) is 24.3 Å². The fourth-order valence-electron chi connectivity index (χ4n) is 1.43. The van der Waals surface area contributed by atoms with E-state index in [-0.39, 0.29) is 17.6 Å². The number of hydrogen-bond acceptors (Lipinski definition) is 3. The summed E-state index contributed by atoms with van der Waals surface area (Å²) in [6.07, 6.45) is 2.76. The summed E-state index contributed by atoms with van der Waals surface area (Å²) in [5.41, 5.74) is 0.0954. The van der Waals surface area contributed by atoms with Crippen LogP contribution in [0.15, 0.2) is 41.5 Å². The summed E-state index contributed by atoms with van der Waals surface area (Å²) in [7, 11) is 0. The summed E-state index contributed by atoms with van der Waals surface area (Å²) in [6.45, 7) is -0.135. The second kappa shape index (κ2) is 5.86. The Morgan fingerprint density at radius 3 is 2.63 bits per heavy atom. The van der Waals surface area contributed by atoms with Crippen molar-refractivity contribution >= 4 is 34.8 Å². The lowest BCUT2D eigenvalue weighted by Gasteiger charge is -2.07. The standard InChI is InChI=1S/C12H9Cl2N3O2/c13-8-1-3-9(4-2-8)16-10(18)7-17-6-5-15-11(14)12(17)19/h1-6H,7H2,(H,16,18). The molecular formula is C12H9Cl2N3O2. The molecule has 1 amide bonds. The van der Waals surface area contributed by atoms with E-state index in [1.54, 1.807) is 24.3 Å².